The zero-order chi connectivity index (χ0) is 22.1. The molecule has 0 saturated carbocycles. The van der Waals surface area contributed by atoms with E-state index in [9.17, 15) is 27.5 Å². The van der Waals surface area contributed by atoms with Gasteiger partial charge in [0, 0.05) is 25.3 Å². The van der Waals surface area contributed by atoms with E-state index in [1.165, 1.54) is 31.2 Å². The Morgan fingerprint density at radius 2 is 1.97 bits per heavy atom. The van der Waals surface area contributed by atoms with Gasteiger partial charge in [0.1, 0.15) is 5.82 Å². The summed E-state index contributed by atoms with van der Waals surface area (Å²) in [7, 11) is 0. The molecule has 0 radical (unpaired) electrons. The number of halogens is 4. The van der Waals surface area contributed by atoms with Gasteiger partial charge < -0.3 is 10.4 Å². The molecule has 5 nitrogen and oxygen atoms in total. The second-order valence-electron chi connectivity index (χ2n) is 7.47. The van der Waals surface area contributed by atoms with Gasteiger partial charge in [-0.1, -0.05) is 6.07 Å². The minimum atomic E-state index is -4.75. The molecule has 0 bridgehead atoms. The van der Waals surface area contributed by atoms with Gasteiger partial charge in [0.05, 0.1) is 17.2 Å². The van der Waals surface area contributed by atoms with E-state index < -0.39 is 28.8 Å². The SMILES string of the molecule is C[C@](O)(CN1CCc2cc(F)ccc2C1)C(=O)Nc1ccc(C#N)c(C(F)(F)F)c1. The number of amides is 1. The Kier molecular flexibility index (Phi) is 5.83. The smallest absolute Gasteiger partial charge is 0.379 e. The van der Waals surface area contributed by atoms with E-state index in [1.54, 1.807) is 6.07 Å². The monoisotopic (exact) mass is 421 g/mol. The summed E-state index contributed by atoms with van der Waals surface area (Å²) in [6.07, 6.45) is -4.20. The van der Waals surface area contributed by atoms with E-state index in [0.717, 1.165) is 17.2 Å². The minimum absolute atomic E-state index is 0.0575. The van der Waals surface area contributed by atoms with Crippen LogP contribution in [0.2, 0.25) is 0 Å². The number of anilines is 1. The van der Waals surface area contributed by atoms with E-state index in [1.807, 2.05) is 4.90 Å². The minimum Gasteiger partial charge on any atom is -0.379 e. The van der Waals surface area contributed by atoms with Crippen molar-refractivity contribution in [3.05, 3.63) is 64.5 Å². The van der Waals surface area contributed by atoms with Crippen molar-refractivity contribution in [1.82, 2.24) is 4.90 Å². The van der Waals surface area contributed by atoms with Gasteiger partial charge >= 0.3 is 6.18 Å². The van der Waals surface area contributed by atoms with Crippen LogP contribution in [0.5, 0.6) is 0 Å². The summed E-state index contributed by atoms with van der Waals surface area (Å²) in [5.74, 6) is -1.19. The Hall–Kier alpha value is -2.96. The van der Waals surface area contributed by atoms with E-state index in [2.05, 4.69) is 5.32 Å². The topological polar surface area (TPSA) is 76.4 Å². The highest BCUT2D eigenvalue weighted by Crippen LogP contribution is 2.33. The van der Waals surface area contributed by atoms with Crippen molar-refractivity contribution in [1.29, 1.82) is 5.26 Å². The maximum atomic E-state index is 13.3. The Morgan fingerprint density at radius 1 is 1.23 bits per heavy atom. The van der Waals surface area contributed by atoms with Crippen LogP contribution in [0.1, 0.15) is 29.2 Å². The Morgan fingerprint density at radius 3 is 2.63 bits per heavy atom. The molecule has 3 rings (SSSR count). The normalized spacial score (nSPS) is 16.3. The molecule has 0 unspecified atom stereocenters. The van der Waals surface area contributed by atoms with E-state index in [0.29, 0.717) is 25.6 Å². The zero-order valence-corrected chi connectivity index (χ0v) is 16.1. The highest BCUT2D eigenvalue weighted by molar-refractivity contribution is 5.97. The first-order valence-electron chi connectivity index (χ1n) is 9.14. The fourth-order valence-corrected chi connectivity index (χ4v) is 3.44. The standard InChI is InChI=1S/C21H19F4N3O2/c1-20(30,12-28-7-6-13-8-16(22)4-2-15(13)11-28)19(29)27-17-5-3-14(10-26)18(9-17)21(23,24)25/h2-5,8-9,30H,6-7,11-12H2,1H3,(H,27,29)/t20-/m0/s1. The summed E-state index contributed by atoms with van der Waals surface area (Å²) >= 11 is 0. The number of alkyl halides is 3. The zero-order valence-electron chi connectivity index (χ0n) is 16.1. The van der Waals surface area contributed by atoms with E-state index >= 15 is 0 Å². The average Bonchev–Trinajstić information content (AvgIpc) is 2.67. The molecule has 2 N–H and O–H groups in total. The largest absolute Gasteiger partial charge is 0.417 e. The fraction of sp³-hybridized carbons (Fsp3) is 0.333. The van der Waals surface area contributed by atoms with Crippen molar-refractivity contribution in [3.8, 4) is 6.07 Å². The number of aliphatic hydroxyl groups is 1. The molecule has 158 valence electrons. The number of carbonyl (C=O) groups excluding carboxylic acids is 1. The lowest BCUT2D eigenvalue weighted by Crippen LogP contribution is -2.50. The van der Waals surface area contributed by atoms with Crippen molar-refractivity contribution in [2.75, 3.05) is 18.4 Å². The number of hydrogen-bond acceptors (Lipinski definition) is 4. The number of nitrogens with zero attached hydrogens (tertiary/aromatic N) is 2. The molecule has 1 aliphatic heterocycles. The van der Waals surface area contributed by atoms with Gasteiger partial charge in [0.15, 0.2) is 5.60 Å². The third-order valence-electron chi connectivity index (χ3n) is 4.98. The quantitative estimate of drug-likeness (QED) is 0.742. The molecule has 1 amide bonds. The third kappa shape index (κ3) is 4.78. The highest BCUT2D eigenvalue weighted by atomic mass is 19.4. The van der Waals surface area contributed by atoms with Crippen molar-refractivity contribution in [3.63, 3.8) is 0 Å². The summed E-state index contributed by atoms with van der Waals surface area (Å²) in [6.45, 7) is 2.12. The number of nitrogens with one attached hydrogen (secondary N) is 1. The van der Waals surface area contributed by atoms with Gasteiger partial charge in [-0.25, -0.2) is 4.39 Å². The van der Waals surface area contributed by atoms with Crippen LogP contribution >= 0.6 is 0 Å². The second-order valence-corrected chi connectivity index (χ2v) is 7.47. The van der Waals surface area contributed by atoms with Crippen LogP contribution in [0.25, 0.3) is 0 Å². The molecule has 0 fully saturated rings. The molecule has 1 aliphatic rings. The fourth-order valence-electron chi connectivity index (χ4n) is 3.44. The molecule has 9 heteroatoms. The molecule has 2 aromatic rings. The number of hydrogen-bond donors (Lipinski definition) is 2. The molecule has 1 heterocycles. The number of carbonyl (C=O) groups is 1. The van der Waals surface area contributed by atoms with Crippen LogP contribution in [0, 0.1) is 17.1 Å². The van der Waals surface area contributed by atoms with Gasteiger partial charge in [-0.3, -0.25) is 9.69 Å². The maximum absolute atomic E-state index is 13.3. The number of rotatable bonds is 4. The summed E-state index contributed by atoms with van der Waals surface area (Å²) in [4.78, 5) is 14.3. The van der Waals surface area contributed by atoms with E-state index in [-0.39, 0.29) is 18.0 Å². The van der Waals surface area contributed by atoms with Crippen molar-refractivity contribution in [2.45, 2.75) is 31.7 Å². The molecule has 0 saturated heterocycles. The van der Waals surface area contributed by atoms with Crippen molar-refractivity contribution < 1.29 is 27.5 Å². The van der Waals surface area contributed by atoms with Crippen LogP contribution in [0.3, 0.4) is 0 Å². The molecule has 0 aliphatic carbocycles. The first-order chi connectivity index (χ1) is 14.0. The average molecular weight is 421 g/mol. The maximum Gasteiger partial charge on any atom is 0.417 e. The molecular formula is C21H19F4N3O2. The molecule has 2 aromatic carbocycles. The first-order valence-corrected chi connectivity index (χ1v) is 9.14. The van der Waals surface area contributed by atoms with Crippen LogP contribution < -0.4 is 5.32 Å². The molecular weight excluding hydrogens is 402 g/mol. The van der Waals surface area contributed by atoms with Gasteiger partial charge in [0.2, 0.25) is 0 Å². The van der Waals surface area contributed by atoms with Crippen LogP contribution in [0.15, 0.2) is 36.4 Å². The lowest BCUT2D eigenvalue weighted by atomic mass is 9.97. The number of nitriles is 1. The summed E-state index contributed by atoms with van der Waals surface area (Å²) < 4.78 is 52.6. The van der Waals surface area contributed by atoms with Crippen LogP contribution in [-0.4, -0.2) is 34.6 Å². The van der Waals surface area contributed by atoms with Gasteiger partial charge in [-0.2, -0.15) is 18.4 Å². The molecule has 0 aromatic heterocycles. The summed E-state index contributed by atoms with van der Waals surface area (Å²) in [5, 5.41) is 21.8. The van der Waals surface area contributed by atoms with Crippen molar-refractivity contribution >= 4 is 11.6 Å². The predicted octanol–water partition coefficient (Wildman–Crippen LogP) is 3.46. The Balaban J connectivity index is 1.71. The number of fused-ring (bicyclic) bond motifs is 1. The van der Waals surface area contributed by atoms with Gasteiger partial charge in [-0.05, 0) is 54.8 Å². The second kappa shape index (κ2) is 8.05. The number of benzene rings is 2. The lowest BCUT2D eigenvalue weighted by molar-refractivity contribution is -0.138. The lowest BCUT2D eigenvalue weighted by Gasteiger charge is -2.34. The molecule has 30 heavy (non-hydrogen) atoms. The van der Waals surface area contributed by atoms with Crippen LogP contribution in [0.4, 0.5) is 23.2 Å². The highest BCUT2D eigenvalue weighted by Gasteiger charge is 2.36. The predicted molar refractivity (Wildman–Crippen MR) is 101 cm³/mol. The summed E-state index contributed by atoms with van der Waals surface area (Å²) in [6, 6.07) is 8.73. The van der Waals surface area contributed by atoms with E-state index in [4.69, 9.17) is 5.26 Å². The molecule has 0 spiro atoms. The van der Waals surface area contributed by atoms with Gasteiger partial charge in [-0.15, -0.1) is 0 Å². The first kappa shape index (κ1) is 21.7. The van der Waals surface area contributed by atoms with Crippen molar-refractivity contribution in [2.24, 2.45) is 0 Å². The Bertz CT molecular complexity index is 1010. The number of β-amino-alcohol motifs (C(OH)–C–C–N with tert-alkyl or cyclic N) is 1. The van der Waals surface area contributed by atoms with Gasteiger partial charge in [0.25, 0.3) is 5.91 Å². The third-order valence-corrected chi connectivity index (χ3v) is 4.98. The summed E-state index contributed by atoms with van der Waals surface area (Å²) in [5.41, 5.74) is -2.03. The molecule has 1 atom stereocenters. The van der Waals surface area contributed by atoms with Crippen LogP contribution in [-0.2, 0) is 23.9 Å². The Labute approximate surface area is 170 Å².